The molecule has 0 heterocycles. The fraction of sp³-hybridized carbons (Fsp3) is 0.200. The Kier molecular flexibility index (Phi) is 5.36. The maximum atomic E-state index is 10.9. The maximum Gasteiger partial charge on any atom is 0.272 e. The number of hydrogen-bond donors (Lipinski definition) is 0. The van der Waals surface area contributed by atoms with Gasteiger partial charge in [0.15, 0.2) is 0 Å². The first-order chi connectivity index (χ1) is 10.0. The molecule has 0 saturated heterocycles. The molecular formula is C15H13Br2NO3. The number of benzene rings is 2. The summed E-state index contributed by atoms with van der Waals surface area (Å²) in [6, 6.07) is 10.8. The third-order valence-corrected chi connectivity index (χ3v) is 4.42. The molecule has 110 valence electrons. The third kappa shape index (κ3) is 3.83. The second-order valence-corrected chi connectivity index (χ2v) is 5.92. The lowest BCUT2D eigenvalue weighted by Crippen LogP contribution is -2.01. The average molecular weight is 415 g/mol. The number of nitro benzene ring substituents is 1. The van der Waals surface area contributed by atoms with Crippen LogP contribution in [0.4, 0.5) is 5.69 Å². The van der Waals surface area contributed by atoms with Gasteiger partial charge in [0, 0.05) is 17.0 Å². The molecule has 6 heteroatoms. The number of hydrogen-bond acceptors (Lipinski definition) is 3. The van der Waals surface area contributed by atoms with Crippen LogP contribution in [-0.4, -0.2) is 4.92 Å². The smallest absolute Gasteiger partial charge is 0.272 e. The molecule has 0 fully saturated rings. The first-order valence-electron chi connectivity index (χ1n) is 6.23. The number of nitrogens with zero attached hydrogens (tertiary/aromatic N) is 1. The summed E-state index contributed by atoms with van der Waals surface area (Å²) in [7, 11) is 0. The predicted octanol–water partition coefficient (Wildman–Crippen LogP) is 5.14. The van der Waals surface area contributed by atoms with Gasteiger partial charge in [0.1, 0.15) is 12.4 Å². The molecule has 0 aliphatic heterocycles. The highest BCUT2D eigenvalue weighted by molar-refractivity contribution is 9.10. The van der Waals surface area contributed by atoms with Crippen LogP contribution in [0.2, 0.25) is 0 Å². The molecule has 0 spiro atoms. The van der Waals surface area contributed by atoms with Gasteiger partial charge in [-0.05, 0) is 46.1 Å². The summed E-state index contributed by atoms with van der Waals surface area (Å²) in [6.07, 6.45) is 0. The number of rotatable bonds is 5. The highest BCUT2D eigenvalue weighted by Crippen LogP contribution is 2.29. The Balaban J connectivity index is 2.17. The van der Waals surface area contributed by atoms with Crippen LogP contribution in [0.3, 0.4) is 0 Å². The molecule has 2 aromatic carbocycles. The van der Waals surface area contributed by atoms with Gasteiger partial charge in [-0.2, -0.15) is 0 Å². The molecular weight excluding hydrogens is 402 g/mol. The van der Waals surface area contributed by atoms with Crippen molar-refractivity contribution < 1.29 is 9.66 Å². The number of halogens is 2. The van der Waals surface area contributed by atoms with Crippen molar-refractivity contribution >= 4 is 37.5 Å². The fourth-order valence-corrected chi connectivity index (χ4v) is 2.81. The van der Waals surface area contributed by atoms with Gasteiger partial charge < -0.3 is 4.74 Å². The van der Waals surface area contributed by atoms with Gasteiger partial charge in [-0.25, -0.2) is 0 Å². The van der Waals surface area contributed by atoms with Gasteiger partial charge in [-0.15, -0.1) is 0 Å². The van der Waals surface area contributed by atoms with Crippen molar-refractivity contribution in [2.24, 2.45) is 0 Å². The maximum absolute atomic E-state index is 10.9. The van der Waals surface area contributed by atoms with Crippen molar-refractivity contribution in [3.63, 3.8) is 0 Å². The van der Waals surface area contributed by atoms with Crippen molar-refractivity contribution in [2.45, 2.75) is 18.9 Å². The van der Waals surface area contributed by atoms with Crippen LogP contribution in [0.15, 0.2) is 40.9 Å². The molecule has 0 amide bonds. The standard InChI is InChI=1S/C15H13Br2NO3/c1-10-12(3-2-4-14(10)18(19)20)9-21-15-6-5-11(8-16)7-13(15)17/h2-7H,8-9H2,1H3. The van der Waals surface area contributed by atoms with Crippen LogP contribution < -0.4 is 4.74 Å². The van der Waals surface area contributed by atoms with Crippen LogP contribution in [-0.2, 0) is 11.9 Å². The molecule has 0 bridgehead atoms. The van der Waals surface area contributed by atoms with Crippen LogP contribution in [0.1, 0.15) is 16.7 Å². The van der Waals surface area contributed by atoms with Crippen molar-refractivity contribution in [1.82, 2.24) is 0 Å². The Bertz CT molecular complexity index is 674. The van der Waals surface area contributed by atoms with Crippen LogP contribution >= 0.6 is 31.9 Å². The van der Waals surface area contributed by atoms with E-state index in [1.807, 2.05) is 24.3 Å². The average Bonchev–Trinajstić information content (AvgIpc) is 2.46. The molecule has 4 nitrogen and oxygen atoms in total. The molecule has 0 saturated carbocycles. The summed E-state index contributed by atoms with van der Waals surface area (Å²) in [5.74, 6) is 0.714. The topological polar surface area (TPSA) is 52.4 Å². The molecule has 0 radical (unpaired) electrons. The van der Waals surface area contributed by atoms with Gasteiger partial charge in [0.2, 0.25) is 0 Å². The highest BCUT2D eigenvalue weighted by atomic mass is 79.9. The first kappa shape index (κ1) is 16.0. The lowest BCUT2D eigenvalue weighted by molar-refractivity contribution is -0.385. The lowest BCUT2D eigenvalue weighted by atomic mass is 10.1. The van der Waals surface area contributed by atoms with Gasteiger partial charge in [0.05, 0.1) is 9.40 Å². The van der Waals surface area contributed by atoms with E-state index >= 15 is 0 Å². The molecule has 21 heavy (non-hydrogen) atoms. The lowest BCUT2D eigenvalue weighted by Gasteiger charge is -2.11. The van der Waals surface area contributed by atoms with E-state index in [0.717, 1.165) is 20.9 Å². The Morgan fingerprint density at radius 3 is 2.67 bits per heavy atom. The Morgan fingerprint density at radius 1 is 1.29 bits per heavy atom. The zero-order valence-electron chi connectivity index (χ0n) is 11.3. The number of nitro groups is 1. The van der Waals surface area contributed by atoms with E-state index in [1.54, 1.807) is 13.0 Å². The molecule has 0 N–H and O–H groups in total. The molecule has 0 aliphatic rings. The van der Waals surface area contributed by atoms with Crippen molar-refractivity contribution in [3.8, 4) is 5.75 Å². The van der Waals surface area contributed by atoms with Gasteiger partial charge in [0.25, 0.3) is 5.69 Å². The van der Waals surface area contributed by atoms with Crippen LogP contribution in [0.25, 0.3) is 0 Å². The minimum atomic E-state index is -0.375. The Labute approximate surface area is 139 Å². The molecule has 0 unspecified atom stereocenters. The van der Waals surface area contributed by atoms with E-state index < -0.39 is 0 Å². The SMILES string of the molecule is Cc1c(COc2ccc(CBr)cc2Br)cccc1[N+](=O)[O-]. The summed E-state index contributed by atoms with van der Waals surface area (Å²) in [5.41, 5.74) is 2.70. The predicted molar refractivity (Wildman–Crippen MR) is 88.9 cm³/mol. The second-order valence-electron chi connectivity index (χ2n) is 4.51. The first-order valence-corrected chi connectivity index (χ1v) is 8.14. The Morgan fingerprint density at radius 2 is 2.05 bits per heavy atom. The van der Waals surface area contributed by atoms with Gasteiger partial charge >= 0.3 is 0 Å². The highest BCUT2D eigenvalue weighted by Gasteiger charge is 2.13. The quantitative estimate of drug-likeness (QED) is 0.386. The van der Waals surface area contributed by atoms with Crippen LogP contribution in [0.5, 0.6) is 5.75 Å². The number of alkyl halides is 1. The molecule has 0 atom stereocenters. The van der Waals surface area contributed by atoms with E-state index in [0.29, 0.717) is 17.9 Å². The summed E-state index contributed by atoms with van der Waals surface area (Å²) >= 11 is 6.86. The number of ether oxygens (including phenoxy) is 1. The minimum absolute atomic E-state index is 0.116. The second kappa shape index (κ2) is 7.04. The van der Waals surface area contributed by atoms with Gasteiger partial charge in [-0.1, -0.05) is 34.1 Å². The monoisotopic (exact) mass is 413 g/mol. The van der Waals surface area contributed by atoms with E-state index in [-0.39, 0.29) is 10.6 Å². The van der Waals surface area contributed by atoms with E-state index in [4.69, 9.17) is 4.74 Å². The third-order valence-electron chi connectivity index (χ3n) is 3.15. The molecule has 2 aromatic rings. The molecule has 2 rings (SSSR count). The summed E-state index contributed by atoms with van der Waals surface area (Å²) in [4.78, 5) is 10.6. The van der Waals surface area contributed by atoms with E-state index in [2.05, 4.69) is 31.9 Å². The van der Waals surface area contributed by atoms with Gasteiger partial charge in [-0.3, -0.25) is 10.1 Å². The van der Waals surface area contributed by atoms with Crippen molar-refractivity contribution in [3.05, 3.63) is 67.7 Å². The van der Waals surface area contributed by atoms with Crippen molar-refractivity contribution in [1.29, 1.82) is 0 Å². The van der Waals surface area contributed by atoms with E-state index in [1.165, 1.54) is 6.07 Å². The zero-order valence-corrected chi connectivity index (χ0v) is 14.5. The Hall–Kier alpha value is -1.40. The van der Waals surface area contributed by atoms with Crippen molar-refractivity contribution in [2.75, 3.05) is 0 Å². The molecule has 0 aromatic heterocycles. The fourth-order valence-electron chi connectivity index (χ4n) is 1.92. The summed E-state index contributed by atoms with van der Waals surface area (Å²) in [5, 5.41) is 11.7. The van der Waals surface area contributed by atoms with E-state index in [9.17, 15) is 10.1 Å². The molecule has 0 aliphatic carbocycles. The summed E-state index contributed by atoms with van der Waals surface area (Å²) < 4.78 is 6.62. The summed E-state index contributed by atoms with van der Waals surface area (Å²) in [6.45, 7) is 2.03. The zero-order chi connectivity index (χ0) is 15.4. The normalized spacial score (nSPS) is 10.4. The largest absolute Gasteiger partial charge is 0.488 e. The van der Waals surface area contributed by atoms with Crippen LogP contribution in [0, 0.1) is 17.0 Å². The minimum Gasteiger partial charge on any atom is -0.488 e.